The van der Waals surface area contributed by atoms with Crippen LogP contribution >= 0.6 is 11.3 Å². The zero-order valence-corrected chi connectivity index (χ0v) is 8.25. The molecule has 0 saturated carbocycles. The maximum absolute atomic E-state index is 11.8. The van der Waals surface area contributed by atoms with Gasteiger partial charge in [-0.3, -0.25) is 4.79 Å². The van der Waals surface area contributed by atoms with E-state index in [0.29, 0.717) is 4.88 Å². The number of hydrogen-bond donors (Lipinski definition) is 2. The van der Waals surface area contributed by atoms with Gasteiger partial charge in [0.05, 0.1) is 11.2 Å². The van der Waals surface area contributed by atoms with Crippen molar-refractivity contribution in [3.05, 3.63) is 40.1 Å². The number of hydrogen-bond acceptors (Lipinski definition) is 4. The first-order chi connectivity index (χ1) is 7.20. The third-order valence-electron chi connectivity index (χ3n) is 1.81. The van der Waals surface area contributed by atoms with Crippen molar-refractivity contribution in [2.24, 2.45) is 0 Å². The molecule has 0 saturated heterocycles. The van der Waals surface area contributed by atoms with Crippen LogP contribution in [0.25, 0.3) is 0 Å². The number of carboxylic acids is 1. The van der Waals surface area contributed by atoms with Crippen molar-refractivity contribution < 1.29 is 14.7 Å². The van der Waals surface area contributed by atoms with Crippen LogP contribution in [0.4, 0.5) is 0 Å². The Labute approximate surface area is 88.4 Å². The number of nitrogens with one attached hydrogen (secondary N) is 1. The zero-order chi connectivity index (χ0) is 10.8. The summed E-state index contributed by atoms with van der Waals surface area (Å²) in [4.78, 5) is 29.1. The molecule has 5 nitrogen and oxygen atoms in total. The van der Waals surface area contributed by atoms with Crippen LogP contribution in [0.5, 0.6) is 0 Å². The second kappa shape index (κ2) is 3.66. The van der Waals surface area contributed by atoms with E-state index >= 15 is 0 Å². The Balaban J connectivity index is 2.42. The topological polar surface area (TPSA) is 83.0 Å². The molecule has 2 N–H and O–H groups in total. The van der Waals surface area contributed by atoms with Gasteiger partial charge >= 0.3 is 5.97 Å². The van der Waals surface area contributed by atoms with Gasteiger partial charge in [-0.15, -0.1) is 11.3 Å². The molecule has 0 bridgehead atoms. The monoisotopic (exact) mass is 222 g/mol. The Kier molecular flexibility index (Phi) is 2.34. The molecule has 2 aromatic heterocycles. The number of carbonyl (C=O) groups excluding carboxylic acids is 1. The van der Waals surface area contributed by atoms with Gasteiger partial charge in [0.1, 0.15) is 5.69 Å². The van der Waals surface area contributed by atoms with Crippen molar-refractivity contribution in [2.75, 3.05) is 0 Å². The highest BCUT2D eigenvalue weighted by molar-refractivity contribution is 7.12. The van der Waals surface area contributed by atoms with Crippen molar-refractivity contribution in [3.8, 4) is 0 Å². The first-order valence-corrected chi connectivity index (χ1v) is 4.93. The predicted molar refractivity (Wildman–Crippen MR) is 53.3 cm³/mol. The largest absolute Gasteiger partial charge is 0.477 e. The van der Waals surface area contributed by atoms with Gasteiger partial charge < -0.3 is 10.1 Å². The highest BCUT2D eigenvalue weighted by Gasteiger charge is 2.21. The van der Waals surface area contributed by atoms with Gasteiger partial charge in [0, 0.05) is 0 Å². The highest BCUT2D eigenvalue weighted by atomic mass is 32.1. The zero-order valence-electron chi connectivity index (χ0n) is 7.43. The van der Waals surface area contributed by atoms with Gasteiger partial charge in [-0.1, -0.05) is 6.07 Å². The van der Waals surface area contributed by atoms with Crippen molar-refractivity contribution in [1.29, 1.82) is 0 Å². The first kappa shape index (κ1) is 9.60. The number of ketones is 1. The number of rotatable bonds is 3. The van der Waals surface area contributed by atoms with E-state index in [-0.39, 0.29) is 17.2 Å². The third-order valence-corrected chi connectivity index (χ3v) is 2.68. The van der Waals surface area contributed by atoms with E-state index in [0.717, 1.165) is 0 Å². The fraction of sp³-hybridized carbons (Fsp3) is 0. The molecule has 2 heterocycles. The lowest BCUT2D eigenvalue weighted by molar-refractivity contribution is 0.0687. The number of aromatic amines is 1. The summed E-state index contributed by atoms with van der Waals surface area (Å²) in [5, 5.41) is 10.5. The van der Waals surface area contributed by atoms with Gasteiger partial charge in [-0.2, -0.15) is 0 Å². The molecule has 0 aromatic carbocycles. The summed E-state index contributed by atoms with van der Waals surface area (Å²) in [7, 11) is 0. The molecule has 0 spiro atoms. The van der Waals surface area contributed by atoms with Gasteiger partial charge in [-0.25, -0.2) is 9.78 Å². The second-order valence-electron chi connectivity index (χ2n) is 2.74. The molecule has 0 radical (unpaired) electrons. The van der Waals surface area contributed by atoms with Gasteiger partial charge in [0.2, 0.25) is 5.78 Å². The Morgan fingerprint density at radius 3 is 2.87 bits per heavy atom. The molecule has 2 aromatic rings. The maximum atomic E-state index is 11.8. The predicted octanol–water partition coefficient (Wildman–Crippen LogP) is 1.40. The van der Waals surface area contributed by atoms with E-state index in [4.69, 9.17) is 5.11 Å². The van der Waals surface area contributed by atoms with Gasteiger partial charge in [-0.05, 0) is 11.4 Å². The number of carboxylic acid groups (broad SMARTS) is 1. The van der Waals surface area contributed by atoms with E-state index in [1.54, 1.807) is 17.5 Å². The average molecular weight is 222 g/mol. The van der Waals surface area contributed by atoms with Crippen molar-refractivity contribution in [1.82, 2.24) is 9.97 Å². The SMILES string of the molecule is O=C(c1cccs1)c1nc[nH]c1C(=O)O. The molecule has 6 heteroatoms. The molecule has 76 valence electrons. The fourth-order valence-electron chi connectivity index (χ4n) is 1.15. The van der Waals surface area contributed by atoms with Crippen LogP contribution in [-0.2, 0) is 0 Å². The number of carbonyl (C=O) groups is 2. The van der Waals surface area contributed by atoms with Crippen LogP contribution in [0.2, 0.25) is 0 Å². The quantitative estimate of drug-likeness (QED) is 0.769. The molecule has 2 rings (SSSR count). The molecule has 15 heavy (non-hydrogen) atoms. The first-order valence-electron chi connectivity index (χ1n) is 4.05. The van der Waals surface area contributed by atoms with E-state index in [1.165, 1.54) is 17.7 Å². The smallest absolute Gasteiger partial charge is 0.354 e. The lowest BCUT2D eigenvalue weighted by atomic mass is 10.2. The molecule has 0 unspecified atom stereocenters. The maximum Gasteiger partial charge on any atom is 0.354 e. The Bertz CT molecular complexity index is 501. The van der Waals surface area contributed by atoms with Crippen LogP contribution in [0.15, 0.2) is 23.8 Å². The third kappa shape index (κ3) is 1.66. The molecule has 0 amide bonds. The normalized spacial score (nSPS) is 10.1. The van der Waals surface area contributed by atoms with Crippen molar-refractivity contribution in [3.63, 3.8) is 0 Å². The molecular formula is C9H6N2O3S. The lowest BCUT2D eigenvalue weighted by Crippen LogP contribution is -2.08. The van der Waals surface area contributed by atoms with E-state index in [9.17, 15) is 9.59 Å². The second-order valence-corrected chi connectivity index (χ2v) is 3.69. The van der Waals surface area contributed by atoms with Crippen LogP contribution in [0.1, 0.15) is 25.9 Å². The number of aromatic nitrogens is 2. The number of nitrogens with zero attached hydrogens (tertiary/aromatic N) is 1. The fourth-order valence-corrected chi connectivity index (χ4v) is 1.82. The Hall–Kier alpha value is -1.95. The van der Waals surface area contributed by atoms with Crippen LogP contribution in [0.3, 0.4) is 0 Å². The summed E-state index contributed by atoms with van der Waals surface area (Å²) >= 11 is 1.25. The number of thiophene rings is 1. The standard InChI is InChI=1S/C9H6N2O3S/c12-8(5-2-1-3-15-5)6-7(9(13)14)11-4-10-6/h1-4H,(H,10,11)(H,13,14). The van der Waals surface area contributed by atoms with Gasteiger partial charge in [0.25, 0.3) is 0 Å². The number of aromatic carboxylic acids is 1. The minimum Gasteiger partial charge on any atom is -0.477 e. The van der Waals surface area contributed by atoms with Crippen molar-refractivity contribution >= 4 is 23.1 Å². The molecule has 0 fully saturated rings. The molecule has 0 aliphatic carbocycles. The Morgan fingerprint density at radius 1 is 1.47 bits per heavy atom. The highest BCUT2D eigenvalue weighted by Crippen LogP contribution is 2.15. The van der Waals surface area contributed by atoms with E-state index < -0.39 is 5.97 Å². The summed E-state index contributed by atoms with van der Waals surface area (Å²) in [6.07, 6.45) is 1.20. The lowest BCUT2D eigenvalue weighted by Gasteiger charge is -1.94. The van der Waals surface area contributed by atoms with Crippen LogP contribution < -0.4 is 0 Å². The number of H-pyrrole nitrogens is 1. The summed E-state index contributed by atoms with van der Waals surface area (Å²) < 4.78 is 0. The summed E-state index contributed by atoms with van der Waals surface area (Å²) in [6.45, 7) is 0. The summed E-state index contributed by atoms with van der Waals surface area (Å²) in [5.41, 5.74) is -0.224. The minimum atomic E-state index is -1.19. The summed E-state index contributed by atoms with van der Waals surface area (Å²) in [6, 6.07) is 3.36. The minimum absolute atomic E-state index is 0.0510. The van der Waals surface area contributed by atoms with Crippen molar-refractivity contribution in [2.45, 2.75) is 0 Å². The molecule has 0 aliphatic rings. The summed E-state index contributed by atoms with van der Waals surface area (Å²) in [5.74, 6) is -1.56. The average Bonchev–Trinajstić information content (AvgIpc) is 2.88. The van der Waals surface area contributed by atoms with Crippen LogP contribution in [-0.4, -0.2) is 26.8 Å². The molecular weight excluding hydrogens is 216 g/mol. The molecule has 0 atom stereocenters. The van der Waals surface area contributed by atoms with E-state index in [1.807, 2.05) is 0 Å². The van der Waals surface area contributed by atoms with Crippen LogP contribution in [0, 0.1) is 0 Å². The van der Waals surface area contributed by atoms with Gasteiger partial charge in [0.15, 0.2) is 5.69 Å². The van der Waals surface area contributed by atoms with E-state index in [2.05, 4.69) is 9.97 Å². The Morgan fingerprint density at radius 2 is 2.27 bits per heavy atom. The molecule has 0 aliphatic heterocycles. The number of imidazole rings is 1.